The zero-order valence-electron chi connectivity index (χ0n) is 16.4. The molecule has 0 saturated heterocycles. The maximum absolute atomic E-state index is 12.6. The SMILES string of the molecule is COc1cc2c(cc1OC)C1C(CO)CCCC1n1cc(C(C)=O)c(=O)cc1-2. The number of benzene rings is 1. The molecule has 1 aliphatic carbocycles. The molecule has 148 valence electrons. The number of hydrogen-bond donors (Lipinski definition) is 1. The highest BCUT2D eigenvalue weighted by atomic mass is 16.5. The molecule has 3 atom stereocenters. The maximum Gasteiger partial charge on any atom is 0.192 e. The Balaban J connectivity index is 2.04. The molecule has 0 bridgehead atoms. The van der Waals surface area contributed by atoms with E-state index in [0.29, 0.717) is 11.5 Å². The van der Waals surface area contributed by atoms with E-state index >= 15 is 0 Å². The van der Waals surface area contributed by atoms with Gasteiger partial charge in [0.15, 0.2) is 22.7 Å². The molecule has 3 unspecified atom stereocenters. The lowest BCUT2D eigenvalue weighted by atomic mass is 9.69. The first-order valence-electron chi connectivity index (χ1n) is 9.64. The van der Waals surface area contributed by atoms with Gasteiger partial charge in [0, 0.05) is 36.4 Å². The minimum atomic E-state index is -0.271. The first-order chi connectivity index (χ1) is 13.5. The molecule has 1 fully saturated rings. The third-order valence-electron chi connectivity index (χ3n) is 6.24. The average Bonchev–Trinajstić information content (AvgIpc) is 2.71. The number of aromatic nitrogens is 1. The number of hydrogen-bond acceptors (Lipinski definition) is 5. The number of carbonyl (C=O) groups excluding carboxylic acids is 1. The summed E-state index contributed by atoms with van der Waals surface area (Å²) in [5.41, 5.74) is 2.68. The summed E-state index contributed by atoms with van der Waals surface area (Å²) >= 11 is 0. The van der Waals surface area contributed by atoms with Crippen LogP contribution >= 0.6 is 0 Å². The first-order valence-corrected chi connectivity index (χ1v) is 9.64. The first kappa shape index (κ1) is 18.7. The highest BCUT2D eigenvalue weighted by Gasteiger charge is 2.41. The number of fused-ring (bicyclic) bond motifs is 6. The van der Waals surface area contributed by atoms with Gasteiger partial charge in [0.1, 0.15) is 0 Å². The fraction of sp³-hybridized carbons (Fsp3) is 0.455. The molecule has 0 spiro atoms. The lowest BCUT2D eigenvalue weighted by Gasteiger charge is -2.44. The van der Waals surface area contributed by atoms with E-state index in [1.165, 1.54) is 6.92 Å². The lowest BCUT2D eigenvalue weighted by Crippen LogP contribution is -2.35. The lowest BCUT2D eigenvalue weighted by molar-refractivity contribution is 0.101. The molecule has 4 rings (SSSR count). The van der Waals surface area contributed by atoms with Crippen LogP contribution in [0, 0.1) is 5.92 Å². The molecule has 6 nitrogen and oxygen atoms in total. The Kier molecular flexibility index (Phi) is 4.75. The summed E-state index contributed by atoms with van der Waals surface area (Å²) < 4.78 is 13.1. The number of methoxy groups -OCH3 is 2. The van der Waals surface area contributed by atoms with Crippen LogP contribution in [0.3, 0.4) is 0 Å². The smallest absolute Gasteiger partial charge is 0.192 e. The minimum Gasteiger partial charge on any atom is -0.493 e. The van der Waals surface area contributed by atoms with Crippen molar-refractivity contribution in [1.82, 2.24) is 4.57 Å². The van der Waals surface area contributed by atoms with Crippen LogP contribution in [-0.2, 0) is 0 Å². The zero-order chi connectivity index (χ0) is 20.0. The molecule has 1 aromatic heterocycles. The van der Waals surface area contributed by atoms with Crippen molar-refractivity contribution in [1.29, 1.82) is 0 Å². The van der Waals surface area contributed by atoms with Gasteiger partial charge < -0.3 is 19.1 Å². The fourth-order valence-corrected chi connectivity index (χ4v) is 4.94. The van der Waals surface area contributed by atoms with Crippen molar-refractivity contribution in [2.24, 2.45) is 5.92 Å². The number of aliphatic hydroxyl groups is 1. The Morgan fingerprint density at radius 2 is 1.89 bits per heavy atom. The summed E-state index contributed by atoms with van der Waals surface area (Å²) in [7, 11) is 3.19. The molecule has 6 heteroatoms. The average molecular weight is 383 g/mol. The maximum atomic E-state index is 12.6. The molecule has 1 aliphatic heterocycles. The van der Waals surface area contributed by atoms with Crippen molar-refractivity contribution < 1.29 is 19.4 Å². The number of pyridine rings is 1. The number of rotatable bonds is 4. The number of nitrogens with zero attached hydrogens (tertiary/aromatic N) is 1. The van der Waals surface area contributed by atoms with Crippen LogP contribution in [0.15, 0.2) is 29.2 Å². The zero-order valence-corrected chi connectivity index (χ0v) is 16.4. The van der Waals surface area contributed by atoms with Crippen LogP contribution in [0.2, 0.25) is 0 Å². The molecule has 28 heavy (non-hydrogen) atoms. The largest absolute Gasteiger partial charge is 0.493 e. The van der Waals surface area contributed by atoms with E-state index in [4.69, 9.17) is 9.47 Å². The highest BCUT2D eigenvalue weighted by Crippen LogP contribution is 2.53. The van der Waals surface area contributed by atoms with Gasteiger partial charge >= 0.3 is 0 Å². The summed E-state index contributed by atoms with van der Waals surface area (Å²) in [6.07, 6.45) is 4.58. The Morgan fingerprint density at radius 1 is 1.18 bits per heavy atom. The quantitative estimate of drug-likeness (QED) is 0.821. The number of Topliss-reactive ketones (excluding diaryl/α,β-unsaturated/α-hetero) is 1. The van der Waals surface area contributed by atoms with E-state index in [-0.39, 0.29) is 41.3 Å². The molecule has 0 radical (unpaired) electrons. The van der Waals surface area contributed by atoms with Crippen LogP contribution in [0.4, 0.5) is 0 Å². The van der Waals surface area contributed by atoms with E-state index in [1.807, 2.05) is 12.1 Å². The van der Waals surface area contributed by atoms with Crippen molar-refractivity contribution in [3.05, 3.63) is 45.7 Å². The van der Waals surface area contributed by atoms with Gasteiger partial charge in [0.05, 0.1) is 25.5 Å². The van der Waals surface area contributed by atoms with E-state index in [9.17, 15) is 14.7 Å². The molecule has 2 aromatic rings. The monoisotopic (exact) mass is 383 g/mol. The van der Waals surface area contributed by atoms with Crippen molar-refractivity contribution in [2.45, 2.75) is 38.1 Å². The van der Waals surface area contributed by atoms with Crippen molar-refractivity contribution in [3.8, 4) is 22.8 Å². The van der Waals surface area contributed by atoms with Gasteiger partial charge in [-0.1, -0.05) is 6.42 Å². The second-order valence-electron chi connectivity index (χ2n) is 7.66. The number of aliphatic hydroxyl groups excluding tert-OH is 1. The molecule has 0 amide bonds. The van der Waals surface area contributed by atoms with Gasteiger partial charge in [-0.15, -0.1) is 0 Å². The Hall–Kier alpha value is -2.60. The minimum absolute atomic E-state index is 0.0865. The molecular weight excluding hydrogens is 358 g/mol. The third-order valence-corrected chi connectivity index (χ3v) is 6.24. The molecule has 2 heterocycles. The Morgan fingerprint density at radius 3 is 2.54 bits per heavy atom. The van der Waals surface area contributed by atoms with Gasteiger partial charge in [-0.25, -0.2) is 0 Å². The summed E-state index contributed by atoms with van der Waals surface area (Å²) in [6, 6.07) is 5.52. The van der Waals surface area contributed by atoms with Crippen LogP contribution in [0.1, 0.15) is 54.1 Å². The molecular formula is C22H25NO5. The topological polar surface area (TPSA) is 77.8 Å². The van der Waals surface area contributed by atoms with Gasteiger partial charge in [0.25, 0.3) is 0 Å². The number of ether oxygens (including phenoxy) is 2. The number of carbonyl (C=O) groups is 1. The van der Waals surface area contributed by atoms with Gasteiger partial charge in [-0.3, -0.25) is 9.59 Å². The third kappa shape index (κ3) is 2.75. The van der Waals surface area contributed by atoms with Crippen molar-refractivity contribution >= 4 is 5.78 Å². The highest BCUT2D eigenvalue weighted by molar-refractivity contribution is 5.94. The van der Waals surface area contributed by atoms with Gasteiger partial charge in [-0.2, -0.15) is 0 Å². The van der Waals surface area contributed by atoms with E-state index in [2.05, 4.69) is 4.57 Å². The van der Waals surface area contributed by atoms with Crippen LogP contribution in [0.25, 0.3) is 11.3 Å². The van der Waals surface area contributed by atoms with Crippen LogP contribution < -0.4 is 14.9 Å². The fourth-order valence-electron chi connectivity index (χ4n) is 4.94. The van der Waals surface area contributed by atoms with Gasteiger partial charge in [-0.05, 0) is 43.4 Å². The van der Waals surface area contributed by atoms with Crippen molar-refractivity contribution in [3.63, 3.8) is 0 Å². The molecule has 1 saturated carbocycles. The molecule has 1 N–H and O–H groups in total. The second kappa shape index (κ2) is 7.09. The van der Waals surface area contributed by atoms with Gasteiger partial charge in [0.2, 0.25) is 0 Å². The Labute approximate surface area is 163 Å². The predicted molar refractivity (Wildman–Crippen MR) is 105 cm³/mol. The van der Waals surface area contributed by atoms with Crippen LogP contribution in [-0.4, -0.2) is 36.3 Å². The molecule has 2 aliphatic rings. The van der Waals surface area contributed by atoms with E-state index < -0.39 is 0 Å². The predicted octanol–water partition coefficient (Wildman–Crippen LogP) is 3.17. The Bertz CT molecular complexity index is 993. The van der Waals surface area contributed by atoms with Crippen LogP contribution in [0.5, 0.6) is 11.5 Å². The van der Waals surface area contributed by atoms with E-state index in [1.54, 1.807) is 26.5 Å². The van der Waals surface area contributed by atoms with Crippen molar-refractivity contribution in [2.75, 3.05) is 20.8 Å². The molecule has 1 aromatic carbocycles. The summed E-state index contributed by atoms with van der Waals surface area (Å²) in [6.45, 7) is 1.52. The summed E-state index contributed by atoms with van der Waals surface area (Å²) in [5, 5.41) is 10.0. The normalized spacial score (nSPS) is 22.6. The second-order valence-corrected chi connectivity index (χ2v) is 7.66. The number of ketones is 1. The van der Waals surface area contributed by atoms with E-state index in [0.717, 1.165) is 36.1 Å². The summed E-state index contributed by atoms with van der Waals surface area (Å²) in [5.74, 6) is 1.20. The summed E-state index contributed by atoms with van der Waals surface area (Å²) in [4.78, 5) is 24.5. The standard InChI is InChI=1S/C22H25NO5/c1-12(25)16-10-23-17-6-4-5-13(11-24)22(17)15-8-21(28-3)20(27-2)7-14(15)18(23)9-19(16)26/h7-10,13,17,22,24H,4-6,11H2,1-3H3.